The second-order valence-electron chi connectivity index (χ2n) is 10.8. The number of carbonyl (C=O) groups excluding carboxylic acids is 1. The molecule has 0 bridgehead atoms. The average Bonchev–Trinajstić information content (AvgIpc) is 3.66. The summed E-state index contributed by atoms with van der Waals surface area (Å²) in [5.41, 5.74) is 5.48. The number of nitrogens with one attached hydrogen (secondary N) is 1. The molecule has 0 aliphatic heterocycles. The second-order valence-corrected chi connectivity index (χ2v) is 11.6. The molecule has 0 aliphatic carbocycles. The Morgan fingerprint density at radius 2 is 1.76 bits per heavy atom. The summed E-state index contributed by atoms with van der Waals surface area (Å²) in [5, 5.41) is 9.32. The highest BCUT2D eigenvalue weighted by molar-refractivity contribution is 7.07. The van der Waals surface area contributed by atoms with Crippen molar-refractivity contribution >= 4 is 17.4 Å². The second kappa shape index (κ2) is 14.0. The van der Waals surface area contributed by atoms with Crippen molar-refractivity contribution in [2.75, 3.05) is 13.7 Å². The molecule has 3 aromatic carbocycles. The van der Waals surface area contributed by atoms with Gasteiger partial charge in [-0.05, 0) is 67.1 Å². The standard InChI is InChI=1S/C33H33F3N6O3S/c1-21(2)28-16-15-27(44-4)18-29(28)42-22(3)19-46-32(42)39-31(43)37-17-5-6-23-7-9-24(10-8-23)30-38-20-41(40-30)25-11-13-26(14-12-25)45-33(34,35)36/h7-16,18-21H,5-6,17H2,1-4H3,(H,37,43). The minimum absolute atomic E-state index is 0.272. The van der Waals surface area contributed by atoms with E-state index >= 15 is 0 Å². The molecule has 13 heteroatoms. The number of methoxy groups -OCH3 is 1. The number of halogens is 3. The summed E-state index contributed by atoms with van der Waals surface area (Å²) in [6, 6.07) is 18.7. The fourth-order valence-corrected chi connectivity index (χ4v) is 5.72. The summed E-state index contributed by atoms with van der Waals surface area (Å²) in [6.07, 6.45) is -1.79. The van der Waals surface area contributed by atoms with Gasteiger partial charge < -0.3 is 14.8 Å². The first kappa shape index (κ1) is 32.5. The van der Waals surface area contributed by atoms with Crippen molar-refractivity contribution in [1.29, 1.82) is 0 Å². The maximum atomic E-state index is 12.8. The lowest BCUT2D eigenvalue weighted by Crippen LogP contribution is -2.26. The van der Waals surface area contributed by atoms with Crippen LogP contribution in [0.25, 0.3) is 22.8 Å². The number of amides is 2. The number of nitrogens with zero attached hydrogens (tertiary/aromatic N) is 5. The van der Waals surface area contributed by atoms with Crippen LogP contribution in [0.3, 0.4) is 0 Å². The number of carbonyl (C=O) groups is 1. The minimum atomic E-state index is -4.75. The molecule has 5 aromatic rings. The SMILES string of the molecule is COc1ccc(C(C)C)c(-n2c(C)csc2=NC(=O)NCCCc2ccc(-c3ncn(-c4ccc(OC(F)(F)F)cc4)n3)cc2)c1. The van der Waals surface area contributed by atoms with E-state index in [1.807, 2.05) is 59.3 Å². The summed E-state index contributed by atoms with van der Waals surface area (Å²) >= 11 is 1.41. The lowest BCUT2D eigenvalue weighted by Gasteiger charge is -2.16. The number of aryl methyl sites for hydroxylation is 2. The van der Waals surface area contributed by atoms with E-state index in [9.17, 15) is 18.0 Å². The van der Waals surface area contributed by atoms with Crippen LogP contribution in [0.5, 0.6) is 11.5 Å². The van der Waals surface area contributed by atoms with Gasteiger partial charge in [0.2, 0.25) is 0 Å². The van der Waals surface area contributed by atoms with Gasteiger partial charge in [-0.3, -0.25) is 4.57 Å². The lowest BCUT2D eigenvalue weighted by molar-refractivity contribution is -0.274. The first-order valence-electron chi connectivity index (χ1n) is 14.6. The predicted molar refractivity (Wildman–Crippen MR) is 170 cm³/mol. The quantitative estimate of drug-likeness (QED) is 0.159. The summed E-state index contributed by atoms with van der Waals surface area (Å²) < 4.78 is 50.1. The van der Waals surface area contributed by atoms with Crippen molar-refractivity contribution in [3.8, 4) is 34.3 Å². The average molecular weight is 651 g/mol. The molecule has 0 atom stereocenters. The van der Waals surface area contributed by atoms with E-state index in [1.165, 1.54) is 46.6 Å². The fraction of sp³-hybridized carbons (Fsp3) is 0.273. The van der Waals surface area contributed by atoms with Gasteiger partial charge in [-0.15, -0.1) is 29.6 Å². The van der Waals surface area contributed by atoms with Gasteiger partial charge in [-0.2, -0.15) is 4.99 Å². The van der Waals surface area contributed by atoms with E-state index in [1.54, 1.807) is 7.11 Å². The van der Waals surface area contributed by atoms with Gasteiger partial charge in [0, 0.05) is 29.2 Å². The number of rotatable bonds is 10. The molecule has 0 radical (unpaired) electrons. The van der Waals surface area contributed by atoms with E-state index in [0.717, 1.165) is 46.7 Å². The first-order chi connectivity index (χ1) is 22.0. The summed E-state index contributed by atoms with van der Waals surface area (Å²) in [4.78, 5) is 22.0. The zero-order valence-electron chi connectivity index (χ0n) is 25.7. The van der Waals surface area contributed by atoms with Crippen LogP contribution >= 0.6 is 11.3 Å². The van der Waals surface area contributed by atoms with Crippen LogP contribution in [-0.4, -0.2) is 45.4 Å². The summed E-state index contributed by atoms with van der Waals surface area (Å²) in [6.45, 7) is 6.70. The maximum Gasteiger partial charge on any atom is 0.573 e. The summed E-state index contributed by atoms with van der Waals surface area (Å²) in [5.74, 6) is 1.18. The molecule has 0 unspecified atom stereocenters. The number of thiazole rings is 1. The molecular formula is C33H33F3N6O3S. The molecule has 0 aliphatic rings. The van der Waals surface area contributed by atoms with Gasteiger partial charge in [0.15, 0.2) is 10.6 Å². The number of hydrogen-bond acceptors (Lipinski definition) is 6. The molecule has 0 saturated carbocycles. The number of benzene rings is 3. The third kappa shape index (κ3) is 8.02. The minimum Gasteiger partial charge on any atom is -0.497 e. The van der Waals surface area contributed by atoms with Crippen molar-refractivity contribution in [3.05, 3.63) is 100 Å². The van der Waals surface area contributed by atoms with Gasteiger partial charge >= 0.3 is 12.4 Å². The topological polar surface area (TPSA) is 95.6 Å². The third-order valence-electron chi connectivity index (χ3n) is 7.13. The Morgan fingerprint density at radius 1 is 1.04 bits per heavy atom. The summed E-state index contributed by atoms with van der Waals surface area (Å²) in [7, 11) is 1.63. The molecule has 2 heterocycles. The normalized spacial score (nSPS) is 12.0. The molecular weight excluding hydrogens is 617 g/mol. The molecule has 1 N–H and O–H groups in total. The highest BCUT2D eigenvalue weighted by Gasteiger charge is 2.31. The molecule has 9 nitrogen and oxygen atoms in total. The Morgan fingerprint density at radius 3 is 2.43 bits per heavy atom. The van der Waals surface area contributed by atoms with Gasteiger partial charge in [-0.1, -0.05) is 44.2 Å². The number of aromatic nitrogens is 4. The van der Waals surface area contributed by atoms with Crippen molar-refractivity contribution < 1.29 is 27.4 Å². The van der Waals surface area contributed by atoms with Gasteiger partial charge in [0.05, 0.1) is 18.5 Å². The molecule has 46 heavy (non-hydrogen) atoms. The third-order valence-corrected chi connectivity index (χ3v) is 8.08. The van der Waals surface area contributed by atoms with E-state index in [0.29, 0.717) is 22.9 Å². The molecule has 0 fully saturated rings. The number of hydrogen-bond donors (Lipinski definition) is 1. The highest BCUT2D eigenvalue weighted by Crippen LogP contribution is 2.28. The molecule has 240 valence electrons. The zero-order chi connectivity index (χ0) is 32.8. The van der Waals surface area contributed by atoms with E-state index < -0.39 is 12.4 Å². The largest absolute Gasteiger partial charge is 0.573 e. The lowest BCUT2D eigenvalue weighted by atomic mass is 10.0. The Hall–Kier alpha value is -4.91. The number of urea groups is 1. The number of ether oxygens (including phenoxy) is 2. The van der Waals surface area contributed by atoms with Crippen molar-refractivity contribution in [1.82, 2.24) is 24.6 Å². The van der Waals surface area contributed by atoms with E-state index in [2.05, 4.69) is 39.0 Å². The van der Waals surface area contributed by atoms with Crippen molar-refractivity contribution in [3.63, 3.8) is 0 Å². The van der Waals surface area contributed by atoms with Gasteiger partial charge in [-0.25, -0.2) is 14.5 Å². The smallest absolute Gasteiger partial charge is 0.497 e. The monoisotopic (exact) mass is 650 g/mol. The van der Waals surface area contributed by atoms with Crippen LogP contribution in [0.15, 0.2) is 83.4 Å². The van der Waals surface area contributed by atoms with Crippen LogP contribution in [0.1, 0.15) is 43.0 Å². The molecule has 0 spiro atoms. The van der Waals surface area contributed by atoms with Crippen molar-refractivity contribution in [2.45, 2.75) is 45.9 Å². The zero-order valence-corrected chi connectivity index (χ0v) is 26.5. The molecule has 5 rings (SSSR count). The molecule has 0 saturated heterocycles. The van der Waals surface area contributed by atoms with Crippen LogP contribution in [0.2, 0.25) is 0 Å². The fourth-order valence-electron chi connectivity index (χ4n) is 4.85. The van der Waals surface area contributed by atoms with Gasteiger partial charge in [0.1, 0.15) is 17.8 Å². The Bertz CT molecular complexity index is 1860. The first-order valence-corrected chi connectivity index (χ1v) is 15.4. The van der Waals surface area contributed by atoms with Gasteiger partial charge in [0.25, 0.3) is 0 Å². The number of alkyl halides is 3. The maximum absolute atomic E-state index is 12.8. The highest BCUT2D eigenvalue weighted by atomic mass is 32.1. The van der Waals surface area contributed by atoms with Crippen LogP contribution in [0.4, 0.5) is 18.0 Å². The predicted octanol–water partition coefficient (Wildman–Crippen LogP) is 7.37. The Balaban J connectivity index is 1.16. The van der Waals surface area contributed by atoms with Crippen molar-refractivity contribution in [2.24, 2.45) is 4.99 Å². The van der Waals surface area contributed by atoms with Crippen LogP contribution in [0, 0.1) is 6.92 Å². The van der Waals surface area contributed by atoms with Crippen LogP contribution < -0.4 is 19.6 Å². The molecule has 2 amide bonds. The molecule has 2 aromatic heterocycles. The van der Waals surface area contributed by atoms with E-state index in [4.69, 9.17) is 4.74 Å². The Labute approximate surface area is 268 Å². The van der Waals surface area contributed by atoms with E-state index in [-0.39, 0.29) is 11.7 Å². The Kier molecular flexibility index (Phi) is 9.90. The van der Waals surface area contributed by atoms with Crippen LogP contribution in [-0.2, 0) is 6.42 Å².